The Hall–Kier alpha value is -1.42. The van der Waals surface area contributed by atoms with E-state index in [4.69, 9.17) is 0 Å². The summed E-state index contributed by atoms with van der Waals surface area (Å²) in [4.78, 5) is 11.6. The third-order valence-electron chi connectivity index (χ3n) is 2.61. The summed E-state index contributed by atoms with van der Waals surface area (Å²) in [5.74, 6) is -0.247. The van der Waals surface area contributed by atoms with Crippen LogP contribution in [0.15, 0.2) is 24.3 Å². The van der Waals surface area contributed by atoms with Gasteiger partial charge in [0.15, 0.2) is 0 Å². The largest absolute Gasteiger partial charge is 0.350 e. The highest BCUT2D eigenvalue weighted by Gasteiger charge is 2.14. The molecule has 1 rings (SSSR count). The Bertz CT molecular complexity index is 426. The van der Waals surface area contributed by atoms with Gasteiger partial charge in [-0.1, -0.05) is 18.2 Å². The van der Waals surface area contributed by atoms with Crippen molar-refractivity contribution in [3.05, 3.63) is 35.6 Å². The topological polar surface area (TPSA) is 41.1 Å². The fraction of sp³-hybridized carbons (Fsp3) is 0.533. The SMILES string of the molecule is CC(Cc1ccccc1F)NCC(=O)NC(C)(C)C. The lowest BCUT2D eigenvalue weighted by Gasteiger charge is -2.21. The van der Waals surface area contributed by atoms with Gasteiger partial charge in [0.2, 0.25) is 5.91 Å². The zero-order valence-electron chi connectivity index (χ0n) is 12.1. The number of halogens is 1. The molecule has 0 fully saturated rings. The van der Waals surface area contributed by atoms with Crippen LogP contribution in [0.3, 0.4) is 0 Å². The first kappa shape index (κ1) is 15.6. The van der Waals surface area contributed by atoms with Crippen LogP contribution in [-0.4, -0.2) is 24.0 Å². The van der Waals surface area contributed by atoms with E-state index in [-0.39, 0.29) is 29.8 Å². The van der Waals surface area contributed by atoms with Crippen LogP contribution in [0.2, 0.25) is 0 Å². The first-order valence-electron chi connectivity index (χ1n) is 6.56. The molecule has 19 heavy (non-hydrogen) atoms. The van der Waals surface area contributed by atoms with Crippen LogP contribution < -0.4 is 10.6 Å². The number of hydrogen-bond donors (Lipinski definition) is 2. The summed E-state index contributed by atoms with van der Waals surface area (Å²) in [6, 6.07) is 6.75. The summed E-state index contributed by atoms with van der Waals surface area (Å²) < 4.78 is 13.5. The number of rotatable bonds is 5. The molecule has 0 aliphatic rings. The first-order valence-corrected chi connectivity index (χ1v) is 6.56. The fourth-order valence-electron chi connectivity index (χ4n) is 1.80. The number of hydrogen-bond acceptors (Lipinski definition) is 2. The smallest absolute Gasteiger partial charge is 0.234 e. The second-order valence-electron chi connectivity index (χ2n) is 5.88. The van der Waals surface area contributed by atoms with Gasteiger partial charge in [0.1, 0.15) is 5.82 Å². The molecule has 0 saturated carbocycles. The quantitative estimate of drug-likeness (QED) is 0.858. The molecule has 106 valence electrons. The Morgan fingerprint density at radius 3 is 2.53 bits per heavy atom. The number of amides is 1. The summed E-state index contributed by atoms with van der Waals surface area (Å²) in [5.41, 5.74) is 0.437. The minimum Gasteiger partial charge on any atom is -0.350 e. The molecule has 2 N–H and O–H groups in total. The molecule has 0 spiro atoms. The highest BCUT2D eigenvalue weighted by molar-refractivity contribution is 5.78. The number of nitrogens with one attached hydrogen (secondary N) is 2. The average molecular weight is 266 g/mol. The minimum atomic E-state index is -0.229. The van der Waals surface area contributed by atoms with Crippen molar-refractivity contribution in [3.63, 3.8) is 0 Å². The Kier molecular flexibility index (Phi) is 5.48. The molecular formula is C15H23FN2O. The molecule has 3 nitrogen and oxygen atoms in total. The van der Waals surface area contributed by atoms with Crippen LogP contribution in [0.1, 0.15) is 33.3 Å². The molecule has 0 bridgehead atoms. The lowest BCUT2D eigenvalue weighted by molar-refractivity contribution is -0.121. The Balaban J connectivity index is 2.38. The lowest BCUT2D eigenvalue weighted by Crippen LogP contribution is -2.46. The zero-order valence-corrected chi connectivity index (χ0v) is 12.1. The molecule has 4 heteroatoms. The van der Waals surface area contributed by atoms with Gasteiger partial charge in [-0.2, -0.15) is 0 Å². The van der Waals surface area contributed by atoms with Gasteiger partial charge in [0.05, 0.1) is 6.54 Å². The van der Waals surface area contributed by atoms with Gasteiger partial charge in [-0.05, 0) is 45.7 Å². The van der Waals surface area contributed by atoms with Gasteiger partial charge in [0.25, 0.3) is 0 Å². The maximum atomic E-state index is 13.5. The van der Waals surface area contributed by atoms with Crippen LogP contribution in [-0.2, 0) is 11.2 Å². The molecule has 1 atom stereocenters. The Morgan fingerprint density at radius 2 is 1.95 bits per heavy atom. The summed E-state index contributed by atoms with van der Waals surface area (Å²) in [7, 11) is 0. The van der Waals surface area contributed by atoms with Gasteiger partial charge in [-0.25, -0.2) is 4.39 Å². The van der Waals surface area contributed by atoms with E-state index in [1.165, 1.54) is 6.07 Å². The van der Waals surface area contributed by atoms with Crippen molar-refractivity contribution < 1.29 is 9.18 Å². The summed E-state index contributed by atoms with van der Waals surface area (Å²) in [5, 5.41) is 5.98. The van der Waals surface area contributed by atoms with Crippen molar-refractivity contribution in [2.45, 2.75) is 45.7 Å². The molecule has 0 aromatic heterocycles. The Morgan fingerprint density at radius 1 is 1.32 bits per heavy atom. The van der Waals surface area contributed by atoms with E-state index in [2.05, 4.69) is 10.6 Å². The minimum absolute atomic E-state index is 0.0441. The fourth-order valence-corrected chi connectivity index (χ4v) is 1.80. The van der Waals surface area contributed by atoms with Gasteiger partial charge >= 0.3 is 0 Å². The van der Waals surface area contributed by atoms with E-state index >= 15 is 0 Å². The second kappa shape index (κ2) is 6.66. The van der Waals surface area contributed by atoms with E-state index < -0.39 is 0 Å². The second-order valence-corrected chi connectivity index (χ2v) is 5.88. The van der Waals surface area contributed by atoms with Crippen molar-refractivity contribution in [1.29, 1.82) is 0 Å². The normalized spacial score (nSPS) is 13.1. The predicted octanol–water partition coefficient (Wildman–Crippen LogP) is 2.26. The molecular weight excluding hydrogens is 243 g/mol. The van der Waals surface area contributed by atoms with Crippen LogP contribution in [0.25, 0.3) is 0 Å². The van der Waals surface area contributed by atoms with Crippen LogP contribution >= 0.6 is 0 Å². The van der Waals surface area contributed by atoms with Crippen molar-refractivity contribution in [3.8, 4) is 0 Å². The van der Waals surface area contributed by atoms with Crippen molar-refractivity contribution in [2.24, 2.45) is 0 Å². The first-order chi connectivity index (χ1) is 8.78. The Labute approximate surface area is 114 Å². The molecule has 0 aliphatic carbocycles. The monoisotopic (exact) mass is 266 g/mol. The highest BCUT2D eigenvalue weighted by Crippen LogP contribution is 2.08. The van der Waals surface area contributed by atoms with Gasteiger partial charge < -0.3 is 10.6 Å². The van der Waals surface area contributed by atoms with E-state index in [9.17, 15) is 9.18 Å². The number of carbonyl (C=O) groups is 1. The molecule has 1 amide bonds. The summed E-state index contributed by atoms with van der Waals surface area (Å²) in [6.07, 6.45) is 0.565. The third-order valence-corrected chi connectivity index (χ3v) is 2.61. The molecule has 0 aliphatic heterocycles. The molecule has 1 aromatic carbocycles. The zero-order chi connectivity index (χ0) is 14.5. The predicted molar refractivity (Wildman–Crippen MR) is 75.5 cm³/mol. The highest BCUT2D eigenvalue weighted by atomic mass is 19.1. The van der Waals surface area contributed by atoms with Crippen LogP contribution in [0, 0.1) is 5.82 Å². The number of carbonyl (C=O) groups excluding carboxylic acids is 1. The van der Waals surface area contributed by atoms with Crippen LogP contribution in [0.4, 0.5) is 4.39 Å². The van der Waals surface area contributed by atoms with Crippen molar-refractivity contribution in [1.82, 2.24) is 10.6 Å². The van der Waals surface area contributed by atoms with Gasteiger partial charge in [-0.3, -0.25) is 4.79 Å². The average Bonchev–Trinajstić information content (AvgIpc) is 2.27. The van der Waals surface area contributed by atoms with Crippen LogP contribution in [0.5, 0.6) is 0 Å². The lowest BCUT2D eigenvalue weighted by atomic mass is 10.1. The van der Waals surface area contributed by atoms with E-state index in [0.717, 1.165) is 0 Å². The maximum Gasteiger partial charge on any atom is 0.234 e. The van der Waals surface area contributed by atoms with Crippen molar-refractivity contribution in [2.75, 3.05) is 6.54 Å². The summed E-state index contributed by atoms with van der Waals surface area (Å²) in [6.45, 7) is 8.00. The van der Waals surface area contributed by atoms with E-state index in [1.807, 2.05) is 33.8 Å². The summed E-state index contributed by atoms with van der Waals surface area (Å²) >= 11 is 0. The van der Waals surface area contributed by atoms with Crippen molar-refractivity contribution >= 4 is 5.91 Å². The molecule has 0 radical (unpaired) electrons. The van der Waals surface area contributed by atoms with E-state index in [1.54, 1.807) is 12.1 Å². The van der Waals surface area contributed by atoms with Gasteiger partial charge in [0, 0.05) is 11.6 Å². The van der Waals surface area contributed by atoms with Gasteiger partial charge in [-0.15, -0.1) is 0 Å². The molecule has 1 aromatic rings. The standard InChI is InChI=1S/C15H23FN2O/c1-11(9-12-7-5-6-8-13(12)16)17-10-14(19)18-15(2,3)4/h5-8,11,17H,9-10H2,1-4H3,(H,18,19). The molecule has 0 heterocycles. The maximum absolute atomic E-state index is 13.5. The molecule has 0 saturated heterocycles. The number of benzene rings is 1. The molecule has 1 unspecified atom stereocenters. The third kappa shape index (κ3) is 6.34. The van der Waals surface area contributed by atoms with E-state index in [0.29, 0.717) is 12.0 Å².